The van der Waals surface area contributed by atoms with E-state index in [9.17, 15) is 14.4 Å². The monoisotopic (exact) mass is 356 g/mol. The van der Waals surface area contributed by atoms with Crippen molar-refractivity contribution in [2.45, 2.75) is 25.8 Å². The average molecular weight is 356 g/mol. The molecule has 9 heteroatoms. The number of carbonyl (C=O) groups is 3. The molecule has 0 aliphatic carbocycles. The Morgan fingerprint density at radius 1 is 1.35 bits per heavy atom. The van der Waals surface area contributed by atoms with Crippen LogP contribution in [0.5, 0.6) is 0 Å². The Labute approximate surface area is 150 Å². The van der Waals surface area contributed by atoms with E-state index in [1.54, 1.807) is 17.3 Å². The number of anilines is 1. The van der Waals surface area contributed by atoms with E-state index in [0.29, 0.717) is 6.54 Å². The number of hydrogen-bond donors (Lipinski definition) is 3. The highest BCUT2D eigenvalue weighted by molar-refractivity contribution is 6.39. The van der Waals surface area contributed by atoms with Gasteiger partial charge in [0.25, 0.3) is 5.91 Å². The van der Waals surface area contributed by atoms with Crippen LogP contribution in [0.4, 0.5) is 5.82 Å². The normalized spacial score (nSPS) is 19.8. The molecule has 3 heterocycles. The van der Waals surface area contributed by atoms with Crippen molar-refractivity contribution in [3.8, 4) is 0 Å². The van der Waals surface area contributed by atoms with Gasteiger partial charge in [0.2, 0.25) is 0 Å². The van der Waals surface area contributed by atoms with Crippen molar-refractivity contribution >= 4 is 23.5 Å². The van der Waals surface area contributed by atoms with Crippen LogP contribution >= 0.6 is 0 Å². The van der Waals surface area contributed by atoms with Crippen LogP contribution in [0.3, 0.4) is 0 Å². The van der Waals surface area contributed by atoms with Gasteiger partial charge in [-0.1, -0.05) is 6.92 Å². The molecule has 1 aliphatic rings. The quantitative estimate of drug-likeness (QED) is 0.701. The van der Waals surface area contributed by atoms with Gasteiger partial charge >= 0.3 is 11.8 Å². The minimum absolute atomic E-state index is 0.0248. The summed E-state index contributed by atoms with van der Waals surface area (Å²) in [4.78, 5) is 42.2. The number of carbonyl (C=O) groups excluding carboxylic acids is 3. The van der Waals surface area contributed by atoms with E-state index in [2.05, 4.69) is 20.5 Å². The summed E-state index contributed by atoms with van der Waals surface area (Å²) in [6.07, 6.45) is 6.48. The Morgan fingerprint density at radius 3 is 2.85 bits per heavy atom. The third-order valence-corrected chi connectivity index (χ3v) is 4.48. The van der Waals surface area contributed by atoms with Crippen molar-refractivity contribution < 1.29 is 14.4 Å². The van der Waals surface area contributed by atoms with Gasteiger partial charge < -0.3 is 16.0 Å². The van der Waals surface area contributed by atoms with E-state index in [-0.39, 0.29) is 23.3 Å². The molecule has 0 saturated carbocycles. The van der Waals surface area contributed by atoms with Crippen LogP contribution in [0.25, 0.3) is 0 Å². The number of rotatable bonds is 3. The van der Waals surface area contributed by atoms with Crippen molar-refractivity contribution in [2.75, 3.05) is 11.9 Å². The summed E-state index contributed by atoms with van der Waals surface area (Å²) in [5, 5.41) is 9.07. The number of hydrogen-bond acceptors (Lipinski definition) is 5. The summed E-state index contributed by atoms with van der Waals surface area (Å²) in [5.41, 5.74) is 6.18. The van der Waals surface area contributed by atoms with Crippen molar-refractivity contribution in [1.82, 2.24) is 20.1 Å². The first-order valence-electron chi connectivity index (χ1n) is 8.32. The molecule has 3 amide bonds. The maximum Gasteiger partial charge on any atom is 0.315 e. The first-order valence-corrected chi connectivity index (χ1v) is 8.32. The maximum atomic E-state index is 12.8. The van der Waals surface area contributed by atoms with Crippen LogP contribution in [0.2, 0.25) is 0 Å². The molecule has 0 unspecified atom stereocenters. The van der Waals surface area contributed by atoms with Gasteiger partial charge in [-0.3, -0.25) is 19.5 Å². The average Bonchev–Trinajstić information content (AvgIpc) is 3.15. The van der Waals surface area contributed by atoms with Crippen LogP contribution in [-0.4, -0.2) is 44.3 Å². The Balaban J connectivity index is 1.80. The lowest BCUT2D eigenvalue weighted by Gasteiger charge is -2.37. The van der Waals surface area contributed by atoms with Crippen molar-refractivity contribution in [3.63, 3.8) is 0 Å². The number of nitrogens with two attached hydrogens (primary N) is 1. The first-order chi connectivity index (χ1) is 12.5. The van der Waals surface area contributed by atoms with E-state index in [0.717, 1.165) is 18.4 Å². The molecule has 2 aromatic heterocycles. The van der Waals surface area contributed by atoms with E-state index in [1.165, 1.54) is 18.3 Å². The lowest BCUT2D eigenvalue weighted by Crippen LogP contribution is -2.46. The molecule has 0 bridgehead atoms. The standard InChI is InChI=1S/C17H20N6O3/c1-10-4-5-13(11-7-20-21-8-11)23(9-10)17(26)16(25)22-15-12(14(18)24)3-2-6-19-15/h2-3,6-8,10,13H,4-5,9H2,1H3,(H2,18,24)(H,20,21)(H,19,22,25)/t10-,13+/m0/s1. The predicted octanol–water partition coefficient (Wildman–Crippen LogP) is 0.842. The molecule has 3 rings (SSSR count). The minimum atomic E-state index is -0.853. The third-order valence-electron chi connectivity index (χ3n) is 4.48. The number of amides is 3. The molecule has 1 fully saturated rings. The minimum Gasteiger partial charge on any atom is -0.365 e. The molecule has 1 saturated heterocycles. The van der Waals surface area contributed by atoms with Crippen molar-refractivity contribution in [3.05, 3.63) is 41.9 Å². The Kier molecular flexibility index (Phi) is 4.97. The molecule has 9 nitrogen and oxygen atoms in total. The molecule has 2 atom stereocenters. The molecule has 0 spiro atoms. The number of piperidine rings is 1. The van der Waals surface area contributed by atoms with Gasteiger partial charge in [-0.25, -0.2) is 4.98 Å². The topological polar surface area (TPSA) is 134 Å². The summed E-state index contributed by atoms with van der Waals surface area (Å²) < 4.78 is 0. The molecule has 0 aromatic carbocycles. The van der Waals surface area contributed by atoms with Crippen LogP contribution in [0, 0.1) is 5.92 Å². The zero-order valence-electron chi connectivity index (χ0n) is 14.3. The number of aromatic nitrogens is 3. The second-order valence-electron chi connectivity index (χ2n) is 6.41. The lowest BCUT2D eigenvalue weighted by molar-refractivity contribution is -0.146. The zero-order chi connectivity index (χ0) is 18.7. The third kappa shape index (κ3) is 3.56. The molecule has 2 aromatic rings. The number of nitrogens with one attached hydrogen (secondary N) is 2. The summed E-state index contributed by atoms with van der Waals surface area (Å²) in [6.45, 7) is 2.50. The van der Waals surface area contributed by atoms with Gasteiger partial charge in [-0.05, 0) is 30.9 Å². The molecular weight excluding hydrogens is 336 g/mol. The summed E-state index contributed by atoms with van der Waals surface area (Å²) in [5.74, 6) is -2.00. The van der Waals surface area contributed by atoms with Gasteiger partial charge in [0.15, 0.2) is 0 Å². The number of primary amides is 1. The second kappa shape index (κ2) is 7.34. The van der Waals surface area contributed by atoms with E-state index in [4.69, 9.17) is 5.73 Å². The van der Waals surface area contributed by atoms with Crippen LogP contribution in [0.1, 0.15) is 41.7 Å². The first kappa shape index (κ1) is 17.6. The largest absolute Gasteiger partial charge is 0.365 e. The van der Waals surface area contributed by atoms with Gasteiger partial charge in [0.1, 0.15) is 5.82 Å². The number of nitrogens with zero attached hydrogens (tertiary/aromatic N) is 3. The molecule has 26 heavy (non-hydrogen) atoms. The maximum absolute atomic E-state index is 12.8. The summed E-state index contributed by atoms with van der Waals surface area (Å²) in [6, 6.07) is 2.74. The number of aromatic amines is 1. The van der Waals surface area contributed by atoms with Crippen molar-refractivity contribution in [2.24, 2.45) is 11.7 Å². The number of pyridine rings is 1. The highest BCUT2D eigenvalue weighted by Gasteiger charge is 2.35. The second-order valence-corrected chi connectivity index (χ2v) is 6.41. The molecular formula is C17H20N6O3. The van der Waals surface area contributed by atoms with Crippen LogP contribution < -0.4 is 11.1 Å². The Bertz CT molecular complexity index is 820. The van der Waals surface area contributed by atoms with E-state index >= 15 is 0 Å². The highest BCUT2D eigenvalue weighted by atomic mass is 16.2. The SMILES string of the molecule is C[C@H]1CC[C@H](c2cn[nH]c2)N(C(=O)C(=O)Nc2ncccc2C(N)=O)C1. The van der Waals surface area contributed by atoms with E-state index < -0.39 is 17.7 Å². The lowest BCUT2D eigenvalue weighted by atomic mass is 9.91. The number of H-pyrrole nitrogens is 1. The van der Waals surface area contributed by atoms with Gasteiger partial charge in [0.05, 0.1) is 17.8 Å². The summed E-state index contributed by atoms with van der Waals surface area (Å²) in [7, 11) is 0. The molecule has 136 valence electrons. The van der Waals surface area contributed by atoms with Crippen LogP contribution in [0.15, 0.2) is 30.7 Å². The molecule has 4 N–H and O–H groups in total. The highest BCUT2D eigenvalue weighted by Crippen LogP contribution is 2.33. The van der Waals surface area contributed by atoms with E-state index in [1.807, 2.05) is 6.92 Å². The summed E-state index contributed by atoms with van der Waals surface area (Å²) >= 11 is 0. The predicted molar refractivity (Wildman–Crippen MR) is 92.8 cm³/mol. The Hall–Kier alpha value is -3.23. The van der Waals surface area contributed by atoms with Gasteiger partial charge in [-0.15, -0.1) is 0 Å². The fraction of sp³-hybridized carbons (Fsp3) is 0.353. The molecule has 1 aliphatic heterocycles. The van der Waals surface area contributed by atoms with Gasteiger partial charge in [-0.2, -0.15) is 5.10 Å². The van der Waals surface area contributed by atoms with Crippen LogP contribution in [-0.2, 0) is 9.59 Å². The smallest absolute Gasteiger partial charge is 0.315 e. The fourth-order valence-corrected chi connectivity index (χ4v) is 3.16. The fourth-order valence-electron chi connectivity index (χ4n) is 3.16. The molecule has 0 radical (unpaired) electrons. The Morgan fingerprint density at radius 2 is 2.15 bits per heavy atom. The van der Waals surface area contributed by atoms with Crippen molar-refractivity contribution in [1.29, 1.82) is 0 Å². The number of likely N-dealkylation sites (tertiary alicyclic amines) is 1. The zero-order valence-corrected chi connectivity index (χ0v) is 14.3. The van der Waals surface area contributed by atoms with Gasteiger partial charge in [0, 0.05) is 24.5 Å².